The van der Waals surface area contributed by atoms with Gasteiger partial charge in [-0.3, -0.25) is 9.48 Å². The molecule has 0 aromatic carbocycles. The van der Waals surface area contributed by atoms with Gasteiger partial charge in [0.15, 0.2) is 0 Å². The van der Waals surface area contributed by atoms with Crippen molar-refractivity contribution in [2.45, 2.75) is 39.2 Å². The maximum Gasteiger partial charge on any atom is 0.255 e. The Morgan fingerprint density at radius 2 is 2.00 bits per heavy atom. The SMILES string of the molecule is CN(C)CCN1CCC(CNC(=O)c2cn(C(C)(C)C)nc2Br)CC1. The molecule has 0 atom stereocenters. The van der Waals surface area contributed by atoms with Gasteiger partial charge in [-0.25, -0.2) is 0 Å². The maximum absolute atomic E-state index is 12.5. The molecule has 7 heteroatoms. The summed E-state index contributed by atoms with van der Waals surface area (Å²) in [6.07, 6.45) is 4.12. The molecule has 1 aliphatic rings. The molecule has 0 bridgehead atoms. The molecule has 0 aliphatic carbocycles. The molecule has 0 unspecified atom stereocenters. The van der Waals surface area contributed by atoms with Crippen LogP contribution in [-0.4, -0.2) is 72.3 Å². The third-order valence-corrected chi connectivity index (χ3v) is 5.31. The van der Waals surface area contributed by atoms with Crippen LogP contribution in [0.3, 0.4) is 0 Å². The molecule has 1 aromatic heterocycles. The third kappa shape index (κ3) is 6.08. The van der Waals surface area contributed by atoms with Gasteiger partial charge in [0.05, 0.1) is 11.1 Å². The van der Waals surface area contributed by atoms with Crippen molar-refractivity contribution >= 4 is 21.8 Å². The van der Waals surface area contributed by atoms with E-state index in [0.29, 0.717) is 16.1 Å². The molecule has 1 saturated heterocycles. The zero-order chi connectivity index (χ0) is 18.6. The molecule has 1 aromatic rings. The Labute approximate surface area is 160 Å². The van der Waals surface area contributed by atoms with Crippen molar-refractivity contribution in [2.24, 2.45) is 5.92 Å². The first kappa shape index (κ1) is 20.4. The normalized spacial score (nSPS) is 17.2. The van der Waals surface area contributed by atoms with Gasteiger partial charge in [-0.05, 0) is 82.6 Å². The maximum atomic E-state index is 12.5. The highest BCUT2D eigenvalue weighted by atomic mass is 79.9. The molecule has 1 N–H and O–H groups in total. The molecule has 142 valence electrons. The highest BCUT2D eigenvalue weighted by Crippen LogP contribution is 2.21. The molecule has 0 saturated carbocycles. The minimum atomic E-state index is -0.138. The zero-order valence-corrected chi connectivity index (χ0v) is 17.8. The van der Waals surface area contributed by atoms with E-state index in [1.54, 1.807) is 0 Å². The number of likely N-dealkylation sites (N-methyl/N-ethyl adjacent to an activating group) is 1. The molecule has 1 amide bonds. The van der Waals surface area contributed by atoms with Crippen molar-refractivity contribution in [2.75, 3.05) is 46.8 Å². The number of halogens is 1. The van der Waals surface area contributed by atoms with Crippen LogP contribution in [0.4, 0.5) is 0 Å². The number of amides is 1. The van der Waals surface area contributed by atoms with Gasteiger partial charge in [0.2, 0.25) is 0 Å². The second-order valence-corrected chi connectivity index (χ2v) is 9.00. The number of likely N-dealkylation sites (tertiary alicyclic amines) is 1. The molecule has 2 heterocycles. The summed E-state index contributed by atoms with van der Waals surface area (Å²) in [4.78, 5) is 17.2. The molecule has 2 rings (SSSR count). The van der Waals surface area contributed by atoms with Gasteiger partial charge in [-0.2, -0.15) is 5.10 Å². The fourth-order valence-corrected chi connectivity index (χ4v) is 3.39. The van der Waals surface area contributed by atoms with E-state index in [4.69, 9.17) is 0 Å². The Hall–Kier alpha value is -0.920. The summed E-state index contributed by atoms with van der Waals surface area (Å²) in [5.41, 5.74) is 0.471. The summed E-state index contributed by atoms with van der Waals surface area (Å²) in [6.45, 7) is 11.4. The second kappa shape index (κ2) is 8.64. The van der Waals surface area contributed by atoms with E-state index >= 15 is 0 Å². The number of carbonyl (C=O) groups excluding carboxylic acids is 1. The smallest absolute Gasteiger partial charge is 0.255 e. The van der Waals surface area contributed by atoms with Gasteiger partial charge >= 0.3 is 0 Å². The van der Waals surface area contributed by atoms with Gasteiger partial charge in [-0.15, -0.1) is 0 Å². The number of nitrogens with one attached hydrogen (secondary N) is 1. The topological polar surface area (TPSA) is 53.4 Å². The van der Waals surface area contributed by atoms with E-state index < -0.39 is 0 Å². The van der Waals surface area contributed by atoms with Gasteiger partial charge in [-0.1, -0.05) is 0 Å². The number of aromatic nitrogens is 2. The first-order chi connectivity index (χ1) is 11.7. The first-order valence-corrected chi connectivity index (χ1v) is 9.87. The summed E-state index contributed by atoms with van der Waals surface area (Å²) in [5, 5.41) is 7.49. The summed E-state index contributed by atoms with van der Waals surface area (Å²) in [6, 6.07) is 0. The lowest BCUT2D eigenvalue weighted by atomic mass is 9.96. The molecule has 1 fully saturated rings. The van der Waals surface area contributed by atoms with Crippen molar-refractivity contribution in [1.82, 2.24) is 24.9 Å². The minimum absolute atomic E-state index is 0.0441. The standard InChI is InChI=1S/C18H32BrN5O/c1-18(2,3)24-13-15(16(19)21-24)17(25)20-12-14-6-8-23(9-7-14)11-10-22(4)5/h13-14H,6-12H2,1-5H3,(H,20,25). The van der Waals surface area contributed by atoms with Crippen LogP contribution < -0.4 is 5.32 Å². The Morgan fingerprint density at radius 3 is 2.52 bits per heavy atom. The summed E-state index contributed by atoms with van der Waals surface area (Å²) < 4.78 is 2.44. The van der Waals surface area contributed by atoms with Gasteiger partial charge in [0.1, 0.15) is 4.60 Å². The highest BCUT2D eigenvalue weighted by molar-refractivity contribution is 9.10. The van der Waals surface area contributed by atoms with Gasteiger partial charge < -0.3 is 15.1 Å². The monoisotopic (exact) mass is 413 g/mol. The number of hydrogen-bond acceptors (Lipinski definition) is 4. The van der Waals surface area contributed by atoms with Crippen molar-refractivity contribution in [3.63, 3.8) is 0 Å². The van der Waals surface area contributed by atoms with Crippen molar-refractivity contribution in [3.05, 3.63) is 16.4 Å². The summed E-state index contributed by atoms with van der Waals surface area (Å²) >= 11 is 3.41. The van der Waals surface area contributed by atoms with Gasteiger partial charge in [0, 0.05) is 25.8 Å². The van der Waals surface area contributed by atoms with E-state index in [-0.39, 0.29) is 11.4 Å². The lowest BCUT2D eigenvalue weighted by molar-refractivity contribution is 0.0934. The molecule has 25 heavy (non-hydrogen) atoms. The van der Waals surface area contributed by atoms with Crippen LogP contribution in [0.2, 0.25) is 0 Å². The zero-order valence-electron chi connectivity index (χ0n) is 16.2. The Balaban J connectivity index is 1.79. The number of rotatable bonds is 6. The summed E-state index contributed by atoms with van der Waals surface area (Å²) in [7, 11) is 4.23. The van der Waals surface area contributed by atoms with Crippen LogP contribution in [0, 0.1) is 5.92 Å². The quantitative estimate of drug-likeness (QED) is 0.777. The van der Waals surface area contributed by atoms with E-state index in [2.05, 4.69) is 71.0 Å². The van der Waals surface area contributed by atoms with Crippen LogP contribution in [0.5, 0.6) is 0 Å². The molecule has 6 nitrogen and oxygen atoms in total. The lowest BCUT2D eigenvalue weighted by Crippen LogP contribution is -2.41. The Morgan fingerprint density at radius 1 is 1.36 bits per heavy atom. The van der Waals surface area contributed by atoms with Crippen molar-refractivity contribution in [3.8, 4) is 0 Å². The van der Waals surface area contributed by atoms with Crippen molar-refractivity contribution < 1.29 is 4.79 Å². The molecule has 1 aliphatic heterocycles. The largest absolute Gasteiger partial charge is 0.352 e. The number of piperidine rings is 1. The molecular formula is C18H32BrN5O. The average molecular weight is 414 g/mol. The average Bonchev–Trinajstić information content (AvgIpc) is 2.94. The van der Waals surface area contributed by atoms with E-state index in [1.807, 2.05) is 10.9 Å². The second-order valence-electron chi connectivity index (χ2n) is 8.25. The van der Waals surface area contributed by atoms with Crippen LogP contribution in [0.1, 0.15) is 44.0 Å². The molecule has 0 radical (unpaired) electrons. The minimum Gasteiger partial charge on any atom is -0.352 e. The van der Waals surface area contributed by atoms with Crippen LogP contribution >= 0.6 is 15.9 Å². The van der Waals surface area contributed by atoms with Crippen LogP contribution in [0.15, 0.2) is 10.8 Å². The van der Waals surface area contributed by atoms with E-state index in [9.17, 15) is 4.79 Å². The van der Waals surface area contributed by atoms with E-state index in [0.717, 1.165) is 45.6 Å². The predicted molar refractivity (Wildman–Crippen MR) is 105 cm³/mol. The van der Waals surface area contributed by atoms with Crippen LogP contribution in [0.25, 0.3) is 0 Å². The fourth-order valence-electron chi connectivity index (χ4n) is 2.94. The fraction of sp³-hybridized carbons (Fsp3) is 0.778. The highest BCUT2D eigenvalue weighted by Gasteiger charge is 2.23. The third-order valence-electron chi connectivity index (χ3n) is 4.72. The Kier molecular flexibility index (Phi) is 7.05. The number of nitrogens with zero attached hydrogens (tertiary/aromatic N) is 4. The predicted octanol–water partition coefficient (Wildman–Crippen LogP) is 2.40. The molecule has 0 spiro atoms. The first-order valence-electron chi connectivity index (χ1n) is 9.07. The van der Waals surface area contributed by atoms with Gasteiger partial charge in [0.25, 0.3) is 5.91 Å². The molecular weight excluding hydrogens is 382 g/mol. The van der Waals surface area contributed by atoms with E-state index in [1.165, 1.54) is 0 Å². The number of hydrogen-bond donors (Lipinski definition) is 1. The van der Waals surface area contributed by atoms with Crippen LogP contribution in [-0.2, 0) is 5.54 Å². The number of carbonyl (C=O) groups is 1. The summed E-state index contributed by atoms with van der Waals surface area (Å²) in [5.74, 6) is 0.522. The Bertz CT molecular complexity index is 571. The lowest BCUT2D eigenvalue weighted by Gasteiger charge is -2.32. The van der Waals surface area contributed by atoms with Crippen molar-refractivity contribution in [1.29, 1.82) is 0 Å².